The topological polar surface area (TPSA) is 0 Å². The Morgan fingerprint density at radius 1 is 0.867 bits per heavy atom. The van der Waals surface area contributed by atoms with Gasteiger partial charge >= 0.3 is 0 Å². The van der Waals surface area contributed by atoms with E-state index in [9.17, 15) is 0 Å². The van der Waals surface area contributed by atoms with Gasteiger partial charge in [-0.05, 0) is 103 Å². The zero-order valence-electron chi connectivity index (χ0n) is 21.5. The molecule has 10 unspecified atom stereocenters. The average molecular weight is 415 g/mol. The van der Waals surface area contributed by atoms with Crippen molar-refractivity contribution in [2.45, 2.75) is 131 Å². The fourth-order valence-electron chi connectivity index (χ4n) is 9.67. The van der Waals surface area contributed by atoms with Crippen molar-refractivity contribution in [1.29, 1.82) is 0 Å². The van der Waals surface area contributed by atoms with Gasteiger partial charge in [-0.1, -0.05) is 86.5 Å². The third-order valence-corrected chi connectivity index (χ3v) is 11.6. The van der Waals surface area contributed by atoms with E-state index >= 15 is 0 Å². The molecular formula is C30H54. The van der Waals surface area contributed by atoms with Gasteiger partial charge in [0.15, 0.2) is 0 Å². The summed E-state index contributed by atoms with van der Waals surface area (Å²) in [5.41, 5.74) is 1.41. The van der Waals surface area contributed by atoms with Crippen molar-refractivity contribution in [3.8, 4) is 0 Å². The minimum atomic E-state index is 0.676. The van der Waals surface area contributed by atoms with Gasteiger partial charge in [0.25, 0.3) is 0 Å². The van der Waals surface area contributed by atoms with Gasteiger partial charge in [0.2, 0.25) is 0 Å². The van der Waals surface area contributed by atoms with Gasteiger partial charge in [0, 0.05) is 0 Å². The van der Waals surface area contributed by atoms with Crippen LogP contribution in [0.4, 0.5) is 0 Å². The molecule has 0 spiro atoms. The summed E-state index contributed by atoms with van der Waals surface area (Å²) in [6.45, 7) is 15.4. The zero-order valence-corrected chi connectivity index (χ0v) is 21.5. The molecule has 0 heteroatoms. The van der Waals surface area contributed by atoms with Crippen LogP contribution in [0.5, 0.6) is 0 Å². The van der Waals surface area contributed by atoms with Crippen LogP contribution in [0, 0.1) is 58.2 Å². The molecule has 0 radical (unpaired) electrons. The van der Waals surface area contributed by atoms with Gasteiger partial charge < -0.3 is 0 Å². The second-order valence-corrected chi connectivity index (χ2v) is 13.4. The molecule has 0 aromatic heterocycles. The first-order chi connectivity index (χ1) is 14.3. The van der Waals surface area contributed by atoms with E-state index in [1.807, 2.05) is 0 Å². The maximum absolute atomic E-state index is 2.69. The highest BCUT2D eigenvalue weighted by atomic mass is 14.6. The maximum atomic E-state index is 2.69. The molecule has 0 saturated heterocycles. The molecule has 0 amide bonds. The van der Waals surface area contributed by atoms with Crippen molar-refractivity contribution < 1.29 is 0 Å². The van der Waals surface area contributed by atoms with E-state index in [2.05, 4.69) is 41.5 Å². The molecular weight excluding hydrogens is 360 g/mol. The summed E-state index contributed by atoms with van der Waals surface area (Å²) in [6, 6.07) is 0. The van der Waals surface area contributed by atoms with Crippen molar-refractivity contribution in [2.24, 2.45) is 58.2 Å². The summed E-state index contributed by atoms with van der Waals surface area (Å²) in [4.78, 5) is 0. The van der Waals surface area contributed by atoms with Gasteiger partial charge in [-0.25, -0.2) is 0 Å². The summed E-state index contributed by atoms with van der Waals surface area (Å²) >= 11 is 0. The lowest BCUT2D eigenvalue weighted by Crippen LogP contribution is -2.49. The van der Waals surface area contributed by atoms with Crippen molar-refractivity contribution in [3.63, 3.8) is 0 Å². The summed E-state index contributed by atoms with van der Waals surface area (Å²) < 4.78 is 0. The second kappa shape index (κ2) is 9.09. The molecule has 10 atom stereocenters. The van der Waals surface area contributed by atoms with Crippen LogP contribution in [0.25, 0.3) is 0 Å². The number of hydrogen-bond acceptors (Lipinski definition) is 0. The van der Waals surface area contributed by atoms with Crippen molar-refractivity contribution in [2.75, 3.05) is 0 Å². The van der Waals surface area contributed by atoms with Gasteiger partial charge in [-0.3, -0.25) is 0 Å². The Kier molecular flexibility index (Phi) is 7.02. The predicted molar refractivity (Wildman–Crippen MR) is 131 cm³/mol. The van der Waals surface area contributed by atoms with E-state index in [-0.39, 0.29) is 0 Å². The fourth-order valence-corrected chi connectivity index (χ4v) is 9.67. The van der Waals surface area contributed by atoms with Crippen LogP contribution in [0.15, 0.2) is 0 Å². The smallest absolute Gasteiger partial charge is 0.0264 e. The van der Waals surface area contributed by atoms with Crippen LogP contribution in [0.1, 0.15) is 131 Å². The summed E-state index contributed by atoms with van der Waals surface area (Å²) in [7, 11) is 0. The highest BCUT2D eigenvalue weighted by Gasteiger charge is 2.54. The Balaban J connectivity index is 1.56. The summed E-state index contributed by atoms with van der Waals surface area (Å²) in [6.07, 6.45) is 21.3. The quantitative estimate of drug-likeness (QED) is 0.389. The third kappa shape index (κ3) is 4.29. The minimum Gasteiger partial charge on any atom is -0.0654 e. The van der Waals surface area contributed by atoms with Gasteiger partial charge in [-0.15, -0.1) is 0 Å². The summed E-state index contributed by atoms with van der Waals surface area (Å²) in [5.74, 6) is 8.07. The van der Waals surface area contributed by atoms with Crippen LogP contribution >= 0.6 is 0 Å². The lowest BCUT2D eigenvalue weighted by molar-refractivity contribution is -0.0875. The standard InChI is InChI=1S/C30H54/c1-7-11-21(3)27(26-16-22(26)4)20-30-15-10-13-25(19-30)18-29(8-2)17-23(5)28(29)14-9-12-24(30)6/h21-28H,7-20H2,1-6H3. The first-order valence-corrected chi connectivity index (χ1v) is 14.3. The number of rotatable bonds is 7. The molecule has 4 saturated carbocycles. The van der Waals surface area contributed by atoms with E-state index in [0.29, 0.717) is 5.41 Å². The molecule has 30 heavy (non-hydrogen) atoms. The maximum Gasteiger partial charge on any atom is -0.0264 e. The Bertz CT molecular complexity index is 564. The number of hydrogen-bond donors (Lipinski definition) is 0. The molecule has 174 valence electrons. The Morgan fingerprint density at radius 3 is 2.23 bits per heavy atom. The minimum absolute atomic E-state index is 0.676. The Morgan fingerprint density at radius 2 is 1.60 bits per heavy atom. The SMILES string of the molecule is CCCC(C)C(CC12CCCC(C1)CC1(CC)CC(C)C1CCCC2C)C1CC1C. The van der Waals surface area contributed by atoms with E-state index in [0.717, 1.165) is 52.8 Å². The van der Waals surface area contributed by atoms with Crippen LogP contribution in [0.3, 0.4) is 0 Å². The van der Waals surface area contributed by atoms with E-state index in [4.69, 9.17) is 0 Å². The van der Waals surface area contributed by atoms with Crippen LogP contribution in [-0.2, 0) is 0 Å². The fraction of sp³-hybridized carbons (Fsp3) is 1.00. The summed E-state index contributed by atoms with van der Waals surface area (Å²) in [5, 5.41) is 0. The van der Waals surface area contributed by atoms with Crippen molar-refractivity contribution in [3.05, 3.63) is 0 Å². The molecule has 0 heterocycles. The molecule has 4 aliphatic rings. The Hall–Kier alpha value is 0. The van der Waals surface area contributed by atoms with Gasteiger partial charge in [0.1, 0.15) is 0 Å². The first kappa shape index (κ1) is 23.2. The molecule has 0 aromatic carbocycles. The predicted octanol–water partition coefficient (Wildman–Crippen LogP) is 9.52. The normalized spacial score (nSPS) is 48.2. The van der Waals surface area contributed by atoms with E-state index in [1.165, 1.54) is 51.4 Å². The highest BCUT2D eigenvalue weighted by molar-refractivity contribution is 5.04. The van der Waals surface area contributed by atoms with Gasteiger partial charge in [-0.2, -0.15) is 0 Å². The van der Waals surface area contributed by atoms with Crippen LogP contribution in [0.2, 0.25) is 0 Å². The zero-order chi connectivity index (χ0) is 21.5. The molecule has 0 aromatic rings. The molecule has 0 aliphatic heterocycles. The lowest BCUT2D eigenvalue weighted by atomic mass is 9.46. The molecule has 4 rings (SSSR count). The monoisotopic (exact) mass is 414 g/mol. The van der Waals surface area contributed by atoms with E-state index < -0.39 is 0 Å². The molecule has 0 nitrogen and oxygen atoms in total. The van der Waals surface area contributed by atoms with Crippen LogP contribution < -0.4 is 0 Å². The van der Waals surface area contributed by atoms with E-state index in [1.54, 1.807) is 38.5 Å². The molecule has 4 aliphatic carbocycles. The van der Waals surface area contributed by atoms with Gasteiger partial charge in [0.05, 0.1) is 0 Å². The molecule has 0 N–H and O–H groups in total. The largest absolute Gasteiger partial charge is 0.0654 e. The second-order valence-electron chi connectivity index (χ2n) is 13.4. The van der Waals surface area contributed by atoms with Crippen molar-refractivity contribution in [1.82, 2.24) is 0 Å². The number of fused-ring (bicyclic) bond motifs is 3. The van der Waals surface area contributed by atoms with Crippen molar-refractivity contribution >= 4 is 0 Å². The average Bonchev–Trinajstić information content (AvgIpc) is 3.44. The first-order valence-electron chi connectivity index (χ1n) is 14.3. The molecule has 4 fully saturated rings. The lowest BCUT2D eigenvalue weighted by Gasteiger charge is -2.59. The van der Waals surface area contributed by atoms with Crippen LogP contribution in [-0.4, -0.2) is 0 Å². The third-order valence-electron chi connectivity index (χ3n) is 11.6. The molecule has 2 bridgehead atoms. The highest BCUT2D eigenvalue weighted by Crippen LogP contribution is 2.63. The Labute approximate surface area is 189 Å².